The smallest absolute Gasteiger partial charge is 0.273 e. The number of amides is 1. The van der Waals surface area contributed by atoms with E-state index in [0.717, 1.165) is 15.6 Å². The van der Waals surface area contributed by atoms with Crippen molar-refractivity contribution in [1.29, 1.82) is 0 Å². The maximum absolute atomic E-state index is 12.2. The highest BCUT2D eigenvalue weighted by Gasteiger charge is 2.19. The van der Waals surface area contributed by atoms with E-state index in [-0.39, 0.29) is 12.7 Å². The zero-order valence-corrected chi connectivity index (χ0v) is 14.4. The van der Waals surface area contributed by atoms with Crippen LogP contribution in [0.4, 0.5) is 0 Å². The van der Waals surface area contributed by atoms with Crippen molar-refractivity contribution in [3.05, 3.63) is 58.1 Å². The van der Waals surface area contributed by atoms with Gasteiger partial charge in [-0.05, 0) is 33.6 Å². The summed E-state index contributed by atoms with van der Waals surface area (Å²) in [5.74, 6) is 0.966. The molecule has 1 N–H and O–H groups in total. The Morgan fingerprint density at radius 1 is 1.29 bits per heavy atom. The summed E-state index contributed by atoms with van der Waals surface area (Å²) < 4.78 is 16.7. The van der Waals surface area contributed by atoms with Gasteiger partial charge in [0.15, 0.2) is 17.6 Å². The van der Waals surface area contributed by atoms with Crippen molar-refractivity contribution in [2.75, 3.05) is 13.9 Å². The molecule has 1 amide bonds. The van der Waals surface area contributed by atoms with E-state index < -0.39 is 6.10 Å². The second kappa shape index (κ2) is 7.46. The molecule has 0 spiro atoms. The van der Waals surface area contributed by atoms with Gasteiger partial charge in [-0.15, -0.1) is 0 Å². The number of nitrogens with one attached hydrogen (secondary N) is 1. The molecule has 1 aliphatic heterocycles. The zero-order valence-electron chi connectivity index (χ0n) is 12.9. The number of hydrazone groups is 1. The predicted molar refractivity (Wildman–Crippen MR) is 92.2 cm³/mol. The second-order valence-electron chi connectivity index (χ2n) is 4.99. The Hall–Kier alpha value is -2.38. The molecule has 2 aromatic rings. The van der Waals surface area contributed by atoms with Crippen LogP contribution in [0.1, 0.15) is 17.2 Å². The SMILES string of the molecule is CO[C@H](C(=O)N/N=C\c1cc2c(cc1Br)OCO2)c1ccccc1. The number of nitrogens with zero attached hydrogens (tertiary/aromatic N) is 1. The van der Waals surface area contributed by atoms with Crippen LogP contribution in [0.3, 0.4) is 0 Å². The second-order valence-corrected chi connectivity index (χ2v) is 5.84. The first kappa shape index (κ1) is 16.5. The Labute approximate surface area is 147 Å². The molecule has 24 heavy (non-hydrogen) atoms. The molecule has 0 saturated heterocycles. The van der Waals surface area contributed by atoms with Gasteiger partial charge in [-0.2, -0.15) is 5.10 Å². The maximum Gasteiger partial charge on any atom is 0.273 e. The Bertz CT molecular complexity index is 765. The minimum atomic E-state index is -0.719. The first-order chi connectivity index (χ1) is 11.7. The van der Waals surface area contributed by atoms with E-state index in [0.29, 0.717) is 11.5 Å². The fourth-order valence-corrected chi connectivity index (χ4v) is 2.70. The van der Waals surface area contributed by atoms with Crippen LogP contribution in [0, 0.1) is 0 Å². The number of fused-ring (bicyclic) bond motifs is 1. The average molecular weight is 391 g/mol. The number of carbonyl (C=O) groups is 1. The lowest BCUT2D eigenvalue weighted by Crippen LogP contribution is -2.26. The molecule has 0 saturated carbocycles. The lowest BCUT2D eigenvalue weighted by atomic mass is 10.1. The van der Waals surface area contributed by atoms with Gasteiger partial charge in [0.2, 0.25) is 6.79 Å². The van der Waals surface area contributed by atoms with Crippen LogP contribution in [0.25, 0.3) is 0 Å². The van der Waals surface area contributed by atoms with Crippen molar-refractivity contribution in [3.8, 4) is 11.5 Å². The molecule has 6 nitrogen and oxygen atoms in total. The van der Waals surface area contributed by atoms with Crippen molar-refractivity contribution in [2.24, 2.45) is 5.10 Å². The molecule has 1 heterocycles. The van der Waals surface area contributed by atoms with E-state index in [1.165, 1.54) is 13.3 Å². The van der Waals surface area contributed by atoms with E-state index in [9.17, 15) is 4.79 Å². The third-order valence-electron chi connectivity index (χ3n) is 3.45. The minimum absolute atomic E-state index is 0.200. The van der Waals surface area contributed by atoms with Crippen LogP contribution >= 0.6 is 15.9 Å². The molecule has 0 fully saturated rings. The largest absolute Gasteiger partial charge is 0.454 e. The van der Waals surface area contributed by atoms with E-state index in [2.05, 4.69) is 26.5 Å². The van der Waals surface area contributed by atoms with Gasteiger partial charge in [-0.1, -0.05) is 30.3 Å². The topological polar surface area (TPSA) is 69.2 Å². The van der Waals surface area contributed by atoms with Crippen LogP contribution in [-0.2, 0) is 9.53 Å². The summed E-state index contributed by atoms with van der Waals surface area (Å²) in [4.78, 5) is 12.2. The summed E-state index contributed by atoms with van der Waals surface area (Å²) in [6, 6.07) is 12.8. The zero-order chi connectivity index (χ0) is 16.9. The molecule has 3 rings (SSSR count). The third-order valence-corrected chi connectivity index (χ3v) is 4.13. The quantitative estimate of drug-likeness (QED) is 0.629. The molecule has 1 aliphatic rings. The van der Waals surface area contributed by atoms with Crippen molar-refractivity contribution >= 4 is 28.1 Å². The Morgan fingerprint density at radius 3 is 2.71 bits per heavy atom. The molecule has 1 atom stereocenters. The summed E-state index contributed by atoms with van der Waals surface area (Å²) in [5.41, 5.74) is 4.01. The highest BCUT2D eigenvalue weighted by Crippen LogP contribution is 2.36. The molecule has 0 unspecified atom stereocenters. The Morgan fingerprint density at radius 2 is 2.00 bits per heavy atom. The number of hydrogen-bond donors (Lipinski definition) is 1. The summed E-state index contributed by atoms with van der Waals surface area (Å²) in [5, 5.41) is 3.99. The Kier molecular flexibility index (Phi) is 5.12. The van der Waals surface area contributed by atoms with Crippen LogP contribution in [0.2, 0.25) is 0 Å². The molecule has 0 aliphatic carbocycles. The van der Waals surface area contributed by atoms with Gasteiger partial charge < -0.3 is 14.2 Å². The lowest BCUT2D eigenvalue weighted by Gasteiger charge is -2.13. The highest BCUT2D eigenvalue weighted by atomic mass is 79.9. The number of rotatable bonds is 5. The van der Waals surface area contributed by atoms with E-state index in [1.54, 1.807) is 12.1 Å². The average Bonchev–Trinajstić information content (AvgIpc) is 3.04. The van der Waals surface area contributed by atoms with Crippen LogP contribution < -0.4 is 14.9 Å². The lowest BCUT2D eigenvalue weighted by molar-refractivity contribution is -0.131. The van der Waals surface area contributed by atoms with Gasteiger partial charge in [0.25, 0.3) is 5.91 Å². The predicted octanol–water partition coefficient (Wildman–Crippen LogP) is 3.02. The monoisotopic (exact) mass is 390 g/mol. The number of benzene rings is 2. The van der Waals surface area contributed by atoms with Gasteiger partial charge >= 0.3 is 0 Å². The molecular formula is C17H15BrN2O4. The van der Waals surface area contributed by atoms with Crippen LogP contribution in [0.15, 0.2) is 52.0 Å². The first-order valence-corrected chi connectivity index (χ1v) is 7.98. The maximum atomic E-state index is 12.2. The van der Waals surface area contributed by atoms with Gasteiger partial charge in [-0.25, -0.2) is 5.43 Å². The van der Waals surface area contributed by atoms with Gasteiger partial charge in [0.1, 0.15) is 0 Å². The fourth-order valence-electron chi connectivity index (χ4n) is 2.28. The third kappa shape index (κ3) is 3.58. The number of carbonyl (C=O) groups excluding carboxylic acids is 1. The normalized spacial score (nSPS) is 13.9. The molecule has 0 aromatic heterocycles. The van der Waals surface area contributed by atoms with E-state index >= 15 is 0 Å². The van der Waals surface area contributed by atoms with Crippen molar-refractivity contribution in [1.82, 2.24) is 5.43 Å². The van der Waals surface area contributed by atoms with E-state index in [4.69, 9.17) is 14.2 Å². The number of hydrogen-bond acceptors (Lipinski definition) is 5. The molecule has 7 heteroatoms. The standard InChI is InChI=1S/C17H15BrN2O4/c1-22-16(11-5-3-2-4-6-11)17(21)20-19-9-12-7-14-15(8-13(12)18)24-10-23-14/h2-9,16H,10H2,1H3,(H,20,21)/b19-9-/t16-/m0/s1. The van der Waals surface area contributed by atoms with Crippen molar-refractivity contribution in [2.45, 2.75) is 6.10 Å². The number of halogens is 1. The highest BCUT2D eigenvalue weighted by molar-refractivity contribution is 9.10. The Balaban J connectivity index is 1.69. The number of methoxy groups -OCH3 is 1. The first-order valence-electron chi connectivity index (χ1n) is 7.19. The van der Waals surface area contributed by atoms with Crippen LogP contribution in [-0.4, -0.2) is 26.0 Å². The van der Waals surface area contributed by atoms with Crippen molar-refractivity contribution in [3.63, 3.8) is 0 Å². The molecular weight excluding hydrogens is 376 g/mol. The molecule has 2 aromatic carbocycles. The molecule has 0 radical (unpaired) electrons. The minimum Gasteiger partial charge on any atom is -0.454 e. The van der Waals surface area contributed by atoms with Gasteiger partial charge in [0.05, 0.1) is 6.21 Å². The molecule has 0 bridgehead atoms. The summed E-state index contributed by atoms with van der Waals surface area (Å²) >= 11 is 3.43. The van der Waals surface area contributed by atoms with E-state index in [1.807, 2.05) is 30.3 Å². The van der Waals surface area contributed by atoms with Gasteiger partial charge in [-0.3, -0.25) is 4.79 Å². The summed E-state index contributed by atoms with van der Waals surface area (Å²) in [7, 11) is 1.48. The summed E-state index contributed by atoms with van der Waals surface area (Å²) in [6.07, 6.45) is 0.810. The summed E-state index contributed by atoms with van der Waals surface area (Å²) in [6.45, 7) is 0.200. The number of ether oxygens (including phenoxy) is 3. The molecule has 124 valence electrons. The van der Waals surface area contributed by atoms with Gasteiger partial charge in [0, 0.05) is 17.1 Å². The fraction of sp³-hybridized carbons (Fsp3) is 0.176. The van der Waals surface area contributed by atoms with Crippen LogP contribution in [0.5, 0.6) is 11.5 Å². The van der Waals surface area contributed by atoms with Crippen molar-refractivity contribution < 1.29 is 19.0 Å².